The Morgan fingerprint density at radius 2 is 2.19 bits per heavy atom. The van der Waals surface area contributed by atoms with Gasteiger partial charge >= 0.3 is 0 Å². The first kappa shape index (κ1) is 11.4. The largest absolute Gasteiger partial charge is 0.308 e. The minimum atomic E-state index is 0.486. The van der Waals surface area contributed by atoms with E-state index in [0.717, 1.165) is 26.2 Å². The summed E-state index contributed by atoms with van der Waals surface area (Å²) in [7, 11) is 0. The van der Waals surface area contributed by atoms with Crippen LogP contribution in [0.1, 0.15) is 18.5 Å². The molecule has 1 aromatic rings. The number of hydrogen-bond donors (Lipinski definition) is 1. The number of hydrogen-bond acceptors (Lipinski definition) is 2. The van der Waals surface area contributed by atoms with Crippen molar-refractivity contribution in [2.24, 2.45) is 0 Å². The highest BCUT2D eigenvalue weighted by molar-refractivity contribution is 5.19. The fourth-order valence-electron chi connectivity index (χ4n) is 2.14. The van der Waals surface area contributed by atoms with E-state index >= 15 is 0 Å². The molecule has 2 heteroatoms. The van der Waals surface area contributed by atoms with E-state index in [0.29, 0.717) is 6.04 Å². The second kappa shape index (κ2) is 5.83. The number of piperazine rings is 1. The maximum atomic E-state index is 3.58. The Hall–Kier alpha value is -1.12. The van der Waals surface area contributed by atoms with Gasteiger partial charge in [-0.25, -0.2) is 0 Å². The van der Waals surface area contributed by atoms with Crippen LogP contribution in [0.15, 0.2) is 42.5 Å². The van der Waals surface area contributed by atoms with E-state index in [-0.39, 0.29) is 0 Å². The van der Waals surface area contributed by atoms with Crippen molar-refractivity contribution < 1.29 is 0 Å². The van der Waals surface area contributed by atoms with Crippen LogP contribution in [0.3, 0.4) is 0 Å². The van der Waals surface area contributed by atoms with Gasteiger partial charge in [-0.1, -0.05) is 42.5 Å². The molecule has 2 rings (SSSR count). The summed E-state index contributed by atoms with van der Waals surface area (Å²) in [5, 5.41) is 3.58. The molecule has 1 atom stereocenters. The average Bonchev–Trinajstić information content (AvgIpc) is 2.38. The molecule has 1 aliphatic rings. The topological polar surface area (TPSA) is 15.3 Å². The highest BCUT2D eigenvalue weighted by Gasteiger charge is 2.19. The van der Waals surface area contributed by atoms with Crippen LogP contribution in [0.5, 0.6) is 0 Å². The van der Waals surface area contributed by atoms with Crippen LogP contribution >= 0.6 is 0 Å². The molecule has 1 aromatic carbocycles. The summed E-state index contributed by atoms with van der Waals surface area (Å²) in [6, 6.07) is 11.2. The number of benzene rings is 1. The van der Waals surface area contributed by atoms with Gasteiger partial charge in [0.1, 0.15) is 0 Å². The lowest BCUT2D eigenvalue weighted by Gasteiger charge is -2.33. The van der Waals surface area contributed by atoms with E-state index in [4.69, 9.17) is 0 Å². The zero-order valence-corrected chi connectivity index (χ0v) is 9.89. The predicted octanol–water partition coefficient (Wildman–Crippen LogP) is 2.21. The van der Waals surface area contributed by atoms with Crippen LogP contribution < -0.4 is 5.32 Å². The number of allylic oxidation sites excluding steroid dienone is 1. The lowest BCUT2D eigenvalue weighted by atomic mass is 10.0. The fourth-order valence-corrected chi connectivity index (χ4v) is 2.14. The first-order chi connectivity index (χ1) is 7.90. The van der Waals surface area contributed by atoms with E-state index in [9.17, 15) is 0 Å². The van der Waals surface area contributed by atoms with Gasteiger partial charge < -0.3 is 5.32 Å². The molecule has 1 aliphatic heterocycles. The van der Waals surface area contributed by atoms with Crippen molar-refractivity contribution in [1.82, 2.24) is 10.2 Å². The molecule has 0 saturated carbocycles. The molecule has 1 N–H and O–H groups in total. The minimum absolute atomic E-state index is 0.486. The van der Waals surface area contributed by atoms with Gasteiger partial charge in [0.2, 0.25) is 0 Å². The molecular weight excluding hydrogens is 196 g/mol. The molecule has 1 unspecified atom stereocenters. The zero-order valence-electron chi connectivity index (χ0n) is 9.89. The van der Waals surface area contributed by atoms with Gasteiger partial charge in [0.15, 0.2) is 0 Å². The van der Waals surface area contributed by atoms with Crippen molar-refractivity contribution in [2.45, 2.75) is 13.0 Å². The van der Waals surface area contributed by atoms with Gasteiger partial charge in [-0.3, -0.25) is 4.90 Å². The number of rotatable bonds is 3. The van der Waals surface area contributed by atoms with Gasteiger partial charge in [0.05, 0.1) is 0 Å². The first-order valence-electron chi connectivity index (χ1n) is 6.02. The summed E-state index contributed by atoms with van der Waals surface area (Å²) in [6.07, 6.45) is 4.35. The highest BCUT2D eigenvalue weighted by Crippen LogP contribution is 2.16. The van der Waals surface area contributed by atoms with Gasteiger partial charge in [0.25, 0.3) is 0 Å². The smallest absolute Gasteiger partial charge is 0.0449 e. The molecule has 0 amide bonds. The molecule has 0 radical (unpaired) electrons. The van der Waals surface area contributed by atoms with Crippen molar-refractivity contribution in [3.63, 3.8) is 0 Å². The van der Waals surface area contributed by atoms with Crippen molar-refractivity contribution in [3.8, 4) is 0 Å². The third-order valence-electron chi connectivity index (χ3n) is 3.06. The first-order valence-corrected chi connectivity index (χ1v) is 6.02. The van der Waals surface area contributed by atoms with Crippen LogP contribution in [0.2, 0.25) is 0 Å². The van der Waals surface area contributed by atoms with Gasteiger partial charge in [-0.15, -0.1) is 0 Å². The van der Waals surface area contributed by atoms with Gasteiger partial charge in [0, 0.05) is 32.2 Å². The molecule has 86 valence electrons. The maximum absolute atomic E-state index is 3.58. The van der Waals surface area contributed by atoms with E-state index in [1.165, 1.54) is 5.56 Å². The lowest BCUT2D eigenvalue weighted by Crippen LogP contribution is -2.45. The van der Waals surface area contributed by atoms with Crippen LogP contribution in [-0.4, -0.2) is 31.1 Å². The van der Waals surface area contributed by atoms with Gasteiger partial charge in [-0.05, 0) is 12.5 Å². The number of nitrogens with zero attached hydrogens (tertiary/aromatic N) is 1. The van der Waals surface area contributed by atoms with Crippen LogP contribution in [0.25, 0.3) is 0 Å². The third kappa shape index (κ3) is 2.94. The Labute approximate surface area is 98.0 Å². The molecule has 1 saturated heterocycles. The van der Waals surface area contributed by atoms with Crippen molar-refractivity contribution >= 4 is 0 Å². The normalized spacial score (nSPS) is 22.7. The van der Waals surface area contributed by atoms with Crippen molar-refractivity contribution in [2.75, 3.05) is 26.2 Å². The minimum Gasteiger partial charge on any atom is -0.308 e. The van der Waals surface area contributed by atoms with Crippen molar-refractivity contribution in [1.29, 1.82) is 0 Å². The molecule has 0 aliphatic carbocycles. The molecule has 0 aromatic heterocycles. The Morgan fingerprint density at radius 1 is 1.38 bits per heavy atom. The summed E-state index contributed by atoms with van der Waals surface area (Å²) in [5.74, 6) is 0. The summed E-state index contributed by atoms with van der Waals surface area (Å²) in [4.78, 5) is 2.49. The molecular formula is C14H20N2. The Morgan fingerprint density at radius 3 is 2.94 bits per heavy atom. The molecule has 2 nitrogen and oxygen atoms in total. The van der Waals surface area contributed by atoms with Gasteiger partial charge in [-0.2, -0.15) is 0 Å². The van der Waals surface area contributed by atoms with E-state index in [1.54, 1.807) is 0 Å². The number of nitrogens with one attached hydrogen (secondary N) is 1. The molecule has 0 bridgehead atoms. The highest BCUT2D eigenvalue weighted by atomic mass is 15.2. The SMILES string of the molecule is C/C=C/CN1CCNC(c2ccccc2)C1. The monoisotopic (exact) mass is 216 g/mol. The molecule has 1 fully saturated rings. The fraction of sp³-hybridized carbons (Fsp3) is 0.429. The zero-order chi connectivity index (χ0) is 11.2. The maximum Gasteiger partial charge on any atom is 0.0449 e. The molecule has 16 heavy (non-hydrogen) atoms. The third-order valence-corrected chi connectivity index (χ3v) is 3.06. The van der Waals surface area contributed by atoms with E-state index in [2.05, 4.69) is 59.6 Å². The van der Waals surface area contributed by atoms with Crippen LogP contribution in [0, 0.1) is 0 Å². The van der Waals surface area contributed by atoms with E-state index in [1.807, 2.05) is 0 Å². The molecule has 1 heterocycles. The Bertz CT molecular complexity index is 332. The average molecular weight is 216 g/mol. The second-order valence-corrected chi connectivity index (χ2v) is 4.25. The van der Waals surface area contributed by atoms with Crippen LogP contribution in [0.4, 0.5) is 0 Å². The Kier molecular flexibility index (Phi) is 4.14. The summed E-state index contributed by atoms with van der Waals surface area (Å²) >= 11 is 0. The summed E-state index contributed by atoms with van der Waals surface area (Å²) in [5.41, 5.74) is 1.40. The van der Waals surface area contributed by atoms with E-state index < -0.39 is 0 Å². The summed E-state index contributed by atoms with van der Waals surface area (Å²) < 4.78 is 0. The molecule has 0 spiro atoms. The second-order valence-electron chi connectivity index (χ2n) is 4.25. The van der Waals surface area contributed by atoms with Crippen molar-refractivity contribution in [3.05, 3.63) is 48.0 Å². The Balaban J connectivity index is 1.96. The summed E-state index contributed by atoms with van der Waals surface area (Å²) in [6.45, 7) is 6.48. The standard InChI is InChI=1S/C14H20N2/c1-2-3-10-16-11-9-15-14(12-16)13-7-5-4-6-8-13/h2-8,14-15H,9-12H2,1H3/b3-2+. The lowest BCUT2D eigenvalue weighted by molar-refractivity contribution is 0.219. The quantitative estimate of drug-likeness (QED) is 0.779. The predicted molar refractivity (Wildman–Crippen MR) is 68.4 cm³/mol. The van der Waals surface area contributed by atoms with Crippen LogP contribution in [-0.2, 0) is 0 Å².